The number of hydrogen-bond acceptors (Lipinski definition) is 5. The second-order valence-electron chi connectivity index (χ2n) is 23.6. The van der Waals surface area contributed by atoms with Crippen LogP contribution >= 0.6 is 0 Å². The Bertz CT molecular complexity index is 4790. The SMILES string of the molecule is CC(C)(C)c1ccnc(-n2c3cc(Oc4ccc5c(c4)-n4[c-][n+](-c6c(-c7ccccc7)cccc6-c6ccccc6)c6cccc(c64)C5(C)C)ccc3c3c4c5c(cc32)Oc2cccc3c2B5c2c(cccc2N3c2ccccc2)O4)c1. The summed E-state index contributed by atoms with van der Waals surface area (Å²) in [6.45, 7) is 11.3. The average molecular weight is 1060 g/mol. The van der Waals surface area contributed by atoms with Gasteiger partial charge in [0.25, 0.3) is 13.0 Å². The summed E-state index contributed by atoms with van der Waals surface area (Å²) >= 11 is 0. The maximum absolute atomic E-state index is 7.34. The molecule has 0 atom stereocenters. The Hall–Kier alpha value is -10.1. The van der Waals surface area contributed by atoms with E-state index in [1.54, 1.807) is 0 Å². The van der Waals surface area contributed by atoms with Crippen LogP contribution in [0.25, 0.3) is 72.3 Å². The maximum atomic E-state index is 7.34. The van der Waals surface area contributed by atoms with E-state index in [9.17, 15) is 0 Å². The lowest BCUT2D eigenvalue weighted by molar-refractivity contribution is -0.571. The molecule has 4 aliphatic rings. The lowest BCUT2D eigenvalue weighted by Gasteiger charge is -2.42. The van der Waals surface area contributed by atoms with E-state index < -0.39 is 0 Å². The van der Waals surface area contributed by atoms with Gasteiger partial charge in [-0.15, -0.1) is 0 Å². The highest BCUT2D eigenvalue weighted by molar-refractivity contribution is 7.00. The highest BCUT2D eigenvalue weighted by Gasteiger charge is 2.48. The first-order chi connectivity index (χ1) is 40.1. The standard InChI is InChI=1S/C73H52BN5O3/c1-72(2,3)46-37-38-75-64(39-46)79-58-40-48(33-35-52(58)65-60(79)42-63-68-71(65)82-62-32-18-29-56-67(62)74(68)66-55(28-17-31-61(66)81-63)78(56)47-23-13-8-14-24-47)80-49-34-36-53-59(41-49)77-43-76(57-30-16-27-54(70(57)77)73(53,4)5)69-50(44-19-9-6-10-20-44)25-15-26-51(69)45-21-11-7-12-22-45/h6-42H,1-5H3. The van der Waals surface area contributed by atoms with Crippen molar-refractivity contribution in [3.05, 3.63) is 248 Å². The van der Waals surface area contributed by atoms with Crippen molar-refractivity contribution in [2.45, 2.75) is 45.4 Å². The van der Waals surface area contributed by atoms with E-state index in [2.05, 4.69) is 278 Å². The van der Waals surface area contributed by atoms with Gasteiger partial charge in [-0.1, -0.05) is 168 Å². The maximum Gasteiger partial charge on any atom is 0.269 e. The third-order valence-electron chi connectivity index (χ3n) is 17.6. The van der Waals surface area contributed by atoms with Crippen molar-refractivity contribution in [3.63, 3.8) is 0 Å². The smallest absolute Gasteiger partial charge is 0.269 e. The number of ether oxygens (including phenoxy) is 3. The van der Waals surface area contributed by atoms with Crippen LogP contribution in [0.1, 0.15) is 51.3 Å². The van der Waals surface area contributed by atoms with E-state index in [1.807, 2.05) is 6.20 Å². The highest BCUT2D eigenvalue weighted by Crippen LogP contribution is 2.51. The number of benzene rings is 10. The van der Waals surface area contributed by atoms with Gasteiger partial charge in [-0.3, -0.25) is 13.7 Å². The summed E-state index contributed by atoms with van der Waals surface area (Å²) in [6.07, 6.45) is 5.87. The zero-order valence-electron chi connectivity index (χ0n) is 45.9. The van der Waals surface area contributed by atoms with Gasteiger partial charge in [0.1, 0.15) is 40.3 Å². The minimum absolute atomic E-state index is 0.115. The normalized spacial score (nSPS) is 13.9. The van der Waals surface area contributed by atoms with E-state index in [1.165, 1.54) is 16.7 Å². The van der Waals surface area contributed by atoms with Crippen LogP contribution in [0.2, 0.25) is 0 Å². The molecule has 0 spiro atoms. The lowest BCUT2D eigenvalue weighted by atomic mass is 9.33. The van der Waals surface area contributed by atoms with Crippen LogP contribution in [0.4, 0.5) is 17.1 Å². The molecular formula is C73H52BN5O3. The summed E-state index contributed by atoms with van der Waals surface area (Å²) in [5, 5.41) is 2.01. The third-order valence-corrected chi connectivity index (χ3v) is 17.6. The van der Waals surface area contributed by atoms with Gasteiger partial charge >= 0.3 is 0 Å². The summed E-state index contributed by atoms with van der Waals surface area (Å²) in [5.74, 6) is 5.45. The van der Waals surface area contributed by atoms with Crippen molar-refractivity contribution >= 4 is 73.0 Å². The number of pyridine rings is 1. The Kier molecular flexibility index (Phi) is 9.67. The Morgan fingerprint density at radius 2 is 1.21 bits per heavy atom. The lowest BCUT2D eigenvalue weighted by Crippen LogP contribution is -2.61. The fraction of sp³-hybridized carbons (Fsp3) is 0.0959. The summed E-state index contributed by atoms with van der Waals surface area (Å²) < 4.78 is 28.4. The first-order valence-corrected chi connectivity index (χ1v) is 28.2. The summed E-state index contributed by atoms with van der Waals surface area (Å²) in [4.78, 5) is 7.48. The molecule has 0 radical (unpaired) electrons. The fourth-order valence-corrected chi connectivity index (χ4v) is 13.8. The van der Waals surface area contributed by atoms with Crippen molar-refractivity contribution in [3.8, 4) is 73.9 Å². The number of nitrogens with zero attached hydrogens (tertiary/aromatic N) is 5. The van der Waals surface area contributed by atoms with E-state index in [0.717, 1.165) is 129 Å². The average Bonchev–Trinajstić information content (AvgIpc) is 1.98. The van der Waals surface area contributed by atoms with Gasteiger partial charge in [-0.2, -0.15) is 0 Å². The molecule has 0 aliphatic carbocycles. The number of rotatable bonds is 7. The van der Waals surface area contributed by atoms with Crippen molar-refractivity contribution in [2.75, 3.05) is 4.90 Å². The van der Waals surface area contributed by atoms with Gasteiger partial charge in [0, 0.05) is 51.7 Å². The van der Waals surface area contributed by atoms with Gasteiger partial charge in [0.2, 0.25) is 0 Å². The molecular weight excluding hydrogens is 1010 g/mol. The van der Waals surface area contributed by atoms with Crippen molar-refractivity contribution in [1.29, 1.82) is 0 Å². The van der Waals surface area contributed by atoms with Crippen LogP contribution < -0.4 is 40.1 Å². The Morgan fingerprint density at radius 1 is 0.561 bits per heavy atom. The van der Waals surface area contributed by atoms with Gasteiger partial charge in [-0.05, 0) is 128 Å². The molecule has 0 N–H and O–H groups in total. The molecule has 9 heteroatoms. The minimum Gasteiger partial charge on any atom is -0.458 e. The first-order valence-electron chi connectivity index (χ1n) is 28.2. The zero-order valence-corrected chi connectivity index (χ0v) is 45.9. The predicted octanol–water partition coefficient (Wildman–Crippen LogP) is 15.8. The summed E-state index contributed by atoms with van der Waals surface area (Å²) in [7, 11) is 0. The molecule has 0 fully saturated rings. The third kappa shape index (κ3) is 6.62. The Morgan fingerprint density at radius 3 is 1.91 bits per heavy atom. The largest absolute Gasteiger partial charge is 0.458 e. The molecule has 10 aromatic carbocycles. The van der Waals surface area contributed by atoms with Gasteiger partial charge in [-0.25, -0.2) is 4.98 Å². The molecule has 0 bridgehead atoms. The number of para-hydroxylation sites is 3. The zero-order chi connectivity index (χ0) is 54.8. The van der Waals surface area contributed by atoms with Gasteiger partial charge in [0.05, 0.1) is 38.8 Å². The van der Waals surface area contributed by atoms with Crippen LogP contribution in [0.15, 0.2) is 225 Å². The number of anilines is 3. The molecule has 17 rings (SSSR count). The first kappa shape index (κ1) is 46.8. The van der Waals surface area contributed by atoms with E-state index in [-0.39, 0.29) is 17.5 Å². The Labute approximate surface area is 475 Å². The van der Waals surface area contributed by atoms with Gasteiger partial charge in [0.15, 0.2) is 0 Å². The molecule has 8 nitrogen and oxygen atoms in total. The number of fused-ring (bicyclic) bond motifs is 6. The number of imidazole rings is 1. The second kappa shape index (κ2) is 17.0. The molecule has 82 heavy (non-hydrogen) atoms. The highest BCUT2D eigenvalue weighted by atomic mass is 16.5. The summed E-state index contributed by atoms with van der Waals surface area (Å²) in [5.41, 5.74) is 20.4. The molecule has 390 valence electrons. The molecule has 4 aliphatic heterocycles. The van der Waals surface area contributed by atoms with E-state index >= 15 is 0 Å². The van der Waals surface area contributed by atoms with Gasteiger partial charge < -0.3 is 19.1 Å². The van der Waals surface area contributed by atoms with Crippen molar-refractivity contribution in [1.82, 2.24) is 14.1 Å². The molecule has 0 saturated heterocycles. The molecule has 0 unspecified atom stereocenters. The van der Waals surface area contributed by atoms with Crippen LogP contribution in [0, 0.1) is 6.33 Å². The Balaban J connectivity index is 0.841. The van der Waals surface area contributed by atoms with Crippen LogP contribution in [0.3, 0.4) is 0 Å². The van der Waals surface area contributed by atoms with Crippen LogP contribution in [0.5, 0.6) is 34.5 Å². The molecule has 3 aromatic heterocycles. The molecule has 13 aromatic rings. The second-order valence-corrected chi connectivity index (χ2v) is 23.6. The van der Waals surface area contributed by atoms with Crippen molar-refractivity contribution in [2.24, 2.45) is 0 Å². The number of hydrogen-bond donors (Lipinski definition) is 0. The minimum atomic E-state index is -0.335. The molecule has 7 heterocycles. The molecule has 0 amide bonds. The monoisotopic (exact) mass is 1060 g/mol. The van der Waals surface area contributed by atoms with Crippen molar-refractivity contribution < 1.29 is 18.8 Å². The topological polar surface area (TPSA) is 57.6 Å². The summed E-state index contributed by atoms with van der Waals surface area (Å²) in [6, 6.07) is 77.6. The predicted molar refractivity (Wildman–Crippen MR) is 330 cm³/mol. The van der Waals surface area contributed by atoms with E-state index in [4.69, 9.17) is 19.2 Å². The van der Waals surface area contributed by atoms with Crippen LogP contribution in [-0.4, -0.2) is 20.8 Å². The van der Waals surface area contributed by atoms with E-state index in [0.29, 0.717) is 11.5 Å². The number of aromatic nitrogens is 4. The quantitative estimate of drug-likeness (QED) is 0.0904. The molecule has 0 saturated carbocycles. The fourth-order valence-electron chi connectivity index (χ4n) is 13.8. The van der Waals surface area contributed by atoms with Crippen LogP contribution in [-0.2, 0) is 10.8 Å².